The monoisotopic (exact) mass is 294 g/mol. The maximum Gasteiger partial charge on any atom is 0.263 e. The molecule has 1 atom stereocenters. The molecule has 5 heteroatoms. The van der Waals surface area contributed by atoms with Crippen molar-refractivity contribution < 1.29 is 8.42 Å². The molecule has 0 bridgehead atoms. The SMILES string of the molecule is CCCC[C@@H](CC)CN=C1NS(=O)(=O)c2ccccc21. The summed E-state index contributed by atoms with van der Waals surface area (Å²) in [5.41, 5.74) is 0.692. The number of nitrogens with zero attached hydrogens (tertiary/aromatic N) is 1. The molecule has 0 unspecified atom stereocenters. The van der Waals surface area contributed by atoms with Crippen LogP contribution in [-0.4, -0.2) is 20.8 Å². The third-order valence-corrected chi connectivity index (χ3v) is 5.11. The van der Waals surface area contributed by atoms with Crippen molar-refractivity contribution >= 4 is 15.9 Å². The summed E-state index contributed by atoms with van der Waals surface area (Å²) in [6, 6.07) is 7.00. The predicted molar refractivity (Wildman–Crippen MR) is 81.5 cm³/mol. The van der Waals surface area contributed by atoms with Crippen LogP contribution in [0.5, 0.6) is 0 Å². The van der Waals surface area contributed by atoms with Crippen LogP contribution in [0.1, 0.15) is 45.1 Å². The molecule has 0 saturated carbocycles. The van der Waals surface area contributed by atoms with Gasteiger partial charge in [-0.1, -0.05) is 45.2 Å². The molecule has 2 rings (SSSR count). The first-order valence-electron chi connectivity index (χ1n) is 7.25. The molecule has 1 aliphatic heterocycles. The van der Waals surface area contributed by atoms with Crippen molar-refractivity contribution in [3.8, 4) is 0 Å². The lowest BCUT2D eigenvalue weighted by atomic mass is 10.00. The zero-order valence-corrected chi connectivity index (χ0v) is 12.9. The van der Waals surface area contributed by atoms with Crippen molar-refractivity contribution in [3.63, 3.8) is 0 Å². The van der Waals surface area contributed by atoms with E-state index >= 15 is 0 Å². The van der Waals surface area contributed by atoms with Crippen LogP contribution in [0, 0.1) is 5.92 Å². The first-order chi connectivity index (χ1) is 9.58. The summed E-state index contributed by atoms with van der Waals surface area (Å²) in [4.78, 5) is 4.84. The third kappa shape index (κ3) is 3.20. The summed E-state index contributed by atoms with van der Waals surface area (Å²) in [6.07, 6.45) is 4.61. The molecule has 1 heterocycles. The van der Waals surface area contributed by atoms with Crippen molar-refractivity contribution in [1.82, 2.24) is 4.72 Å². The van der Waals surface area contributed by atoms with E-state index in [1.54, 1.807) is 18.2 Å². The molecule has 0 aromatic heterocycles. The summed E-state index contributed by atoms with van der Waals surface area (Å²) in [5.74, 6) is 1.02. The standard InChI is InChI=1S/C15H22N2O2S/c1-3-5-8-12(4-2)11-16-15-13-9-6-7-10-14(13)20(18,19)17-15/h6-7,9-10,12H,3-5,8,11H2,1-2H3,(H,16,17)/t12-/m1/s1. The second kappa shape index (κ2) is 6.39. The van der Waals surface area contributed by atoms with Crippen LogP contribution in [0.3, 0.4) is 0 Å². The van der Waals surface area contributed by atoms with E-state index in [0.29, 0.717) is 28.8 Å². The minimum atomic E-state index is -3.41. The molecule has 0 fully saturated rings. The van der Waals surface area contributed by atoms with Gasteiger partial charge in [-0.25, -0.2) is 8.42 Å². The lowest BCUT2D eigenvalue weighted by Gasteiger charge is -2.11. The van der Waals surface area contributed by atoms with Gasteiger partial charge in [-0.3, -0.25) is 9.71 Å². The second-order valence-corrected chi connectivity index (χ2v) is 6.86. The van der Waals surface area contributed by atoms with Crippen LogP contribution >= 0.6 is 0 Å². The number of rotatable bonds is 6. The zero-order chi connectivity index (χ0) is 14.6. The van der Waals surface area contributed by atoms with E-state index in [9.17, 15) is 8.42 Å². The summed E-state index contributed by atoms with van der Waals surface area (Å²) in [7, 11) is -3.41. The maximum absolute atomic E-state index is 12.0. The Bertz CT molecular complexity index is 594. The Morgan fingerprint density at radius 2 is 2.00 bits per heavy atom. The number of hydrogen-bond donors (Lipinski definition) is 1. The molecule has 1 N–H and O–H groups in total. The van der Waals surface area contributed by atoms with Crippen LogP contribution < -0.4 is 4.72 Å². The first-order valence-corrected chi connectivity index (χ1v) is 8.73. The number of hydrogen-bond acceptors (Lipinski definition) is 3. The molecule has 0 radical (unpaired) electrons. The number of fused-ring (bicyclic) bond motifs is 1. The number of aliphatic imine (C=N–C) groups is 1. The Morgan fingerprint density at radius 1 is 1.25 bits per heavy atom. The quantitative estimate of drug-likeness (QED) is 0.877. The molecule has 1 aromatic rings. The fourth-order valence-corrected chi connectivity index (χ4v) is 3.64. The molecule has 110 valence electrons. The van der Waals surface area contributed by atoms with Crippen LogP contribution in [-0.2, 0) is 10.0 Å². The number of sulfonamides is 1. The van der Waals surface area contributed by atoms with Crippen LogP contribution in [0.4, 0.5) is 0 Å². The Labute approximate surface area is 121 Å². The summed E-state index contributed by atoms with van der Waals surface area (Å²) in [5, 5.41) is 0. The van der Waals surface area contributed by atoms with Crippen LogP contribution in [0.15, 0.2) is 34.2 Å². The highest BCUT2D eigenvalue weighted by Gasteiger charge is 2.30. The summed E-state index contributed by atoms with van der Waals surface area (Å²) >= 11 is 0. The van der Waals surface area contributed by atoms with Gasteiger partial charge in [0.2, 0.25) is 0 Å². The highest BCUT2D eigenvalue weighted by Crippen LogP contribution is 2.23. The fraction of sp³-hybridized carbons (Fsp3) is 0.533. The lowest BCUT2D eigenvalue weighted by Crippen LogP contribution is -2.23. The predicted octanol–water partition coefficient (Wildman–Crippen LogP) is 2.94. The highest BCUT2D eigenvalue weighted by atomic mass is 32.2. The molecule has 0 spiro atoms. The average Bonchev–Trinajstić information content (AvgIpc) is 2.71. The Balaban J connectivity index is 2.16. The number of benzene rings is 1. The number of amidine groups is 1. The smallest absolute Gasteiger partial charge is 0.263 e. The minimum Gasteiger partial charge on any atom is -0.267 e. The number of nitrogens with one attached hydrogen (secondary N) is 1. The third-order valence-electron chi connectivity index (χ3n) is 3.71. The Kier molecular flexibility index (Phi) is 4.81. The molecule has 0 amide bonds. The average molecular weight is 294 g/mol. The molecule has 20 heavy (non-hydrogen) atoms. The maximum atomic E-state index is 12.0. The lowest BCUT2D eigenvalue weighted by molar-refractivity contribution is 0.462. The van der Waals surface area contributed by atoms with Gasteiger partial charge in [0.05, 0.1) is 4.90 Å². The van der Waals surface area contributed by atoms with Gasteiger partial charge < -0.3 is 0 Å². The molecule has 0 saturated heterocycles. The van der Waals surface area contributed by atoms with E-state index in [2.05, 4.69) is 23.6 Å². The van der Waals surface area contributed by atoms with Crippen molar-refractivity contribution in [2.75, 3.05) is 6.54 Å². The normalized spacial score (nSPS) is 19.6. The molecule has 0 aliphatic carbocycles. The van der Waals surface area contributed by atoms with Crippen molar-refractivity contribution in [2.45, 2.75) is 44.4 Å². The van der Waals surface area contributed by atoms with Gasteiger partial charge in [0.1, 0.15) is 5.84 Å². The Hall–Kier alpha value is -1.36. The molecule has 1 aromatic carbocycles. The summed E-state index contributed by atoms with van der Waals surface area (Å²) in [6.45, 7) is 5.02. The van der Waals surface area contributed by atoms with Gasteiger partial charge in [0.15, 0.2) is 0 Å². The van der Waals surface area contributed by atoms with Crippen LogP contribution in [0.25, 0.3) is 0 Å². The van der Waals surface area contributed by atoms with E-state index in [0.717, 1.165) is 12.8 Å². The van der Waals surface area contributed by atoms with E-state index in [-0.39, 0.29) is 0 Å². The molecular weight excluding hydrogens is 272 g/mol. The van der Waals surface area contributed by atoms with Crippen molar-refractivity contribution in [2.24, 2.45) is 10.9 Å². The topological polar surface area (TPSA) is 58.5 Å². The van der Waals surface area contributed by atoms with Gasteiger partial charge in [0, 0.05) is 12.1 Å². The number of unbranched alkanes of at least 4 members (excludes halogenated alkanes) is 1. The molecule has 1 aliphatic rings. The molecule has 4 nitrogen and oxygen atoms in total. The minimum absolute atomic E-state index is 0.334. The van der Waals surface area contributed by atoms with Crippen molar-refractivity contribution in [3.05, 3.63) is 29.8 Å². The Morgan fingerprint density at radius 3 is 2.70 bits per heavy atom. The van der Waals surface area contributed by atoms with Crippen LogP contribution in [0.2, 0.25) is 0 Å². The van der Waals surface area contributed by atoms with Gasteiger partial charge in [0.25, 0.3) is 10.0 Å². The van der Waals surface area contributed by atoms with Gasteiger partial charge in [-0.15, -0.1) is 0 Å². The van der Waals surface area contributed by atoms with E-state index in [4.69, 9.17) is 0 Å². The fourth-order valence-electron chi connectivity index (χ4n) is 2.39. The summed E-state index contributed by atoms with van der Waals surface area (Å²) < 4.78 is 26.5. The van der Waals surface area contributed by atoms with Gasteiger partial charge >= 0.3 is 0 Å². The second-order valence-electron chi connectivity index (χ2n) is 5.21. The highest BCUT2D eigenvalue weighted by molar-refractivity contribution is 7.90. The van der Waals surface area contributed by atoms with E-state index < -0.39 is 10.0 Å². The largest absolute Gasteiger partial charge is 0.267 e. The van der Waals surface area contributed by atoms with E-state index in [1.807, 2.05) is 6.07 Å². The molecular formula is C15H22N2O2S. The van der Waals surface area contributed by atoms with Gasteiger partial charge in [-0.2, -0.15) is 0 Å². The van der Waals surface area contributed by atoms with Crippen molar-refractivity contribution in [1.29, 1.82) is 0 Å². The van der Waals surface area contributed by atoms with Gasteiger partial charge in [-0.05, 0) is 24.5 Å². The zero-order valence-electron chi connectivity index (χ0n) is 12.1. The van der Waals surface area contributed by atoms with E-state index in [1.165, 1.54) is 12.8 Å². The first kappa shape index (κ1) is 15.0.